The van der Waals surface area contributed by atoms with Crippen molar-refractivity contribution in [3.8, 4) is 11.5 Å². The van der Waals surface area contributed by atoms with Gasteiger partial charge < -0.3 is 20.1 Å². The molecule has 0 aliphatic rings. The van der Waals surface area contributed by atoms with Crippen LogP contribution in [0.15, 0.2) is 65.2 Å². The molecular weight excluding hydrogens is 428 g/mol. The second-order valence-electron chi connectivity index (χ2n) is 6.32. The summed E-state index contributed by atoms with van der Waals surface area (Å²) in [4.78, 5) is 17.6. The Labute approximate surface area is 189 Å². The zero-order chi connectivity index (χ0) is 22.2. The molecule has 0 saturated carbocycles. The second kappa shape index (κ2) is 10.4. The van der Waals surface area contributed by atoms with Crippen LogP contribution >= 0.6 is 11.8 Å². The highest BCUT2D eigenvalue weighted by Gasteiger charge is 2.11. The third-order valence-corrected chi connectivity index (χ3v) is 4.79. The second-order valence-corrected chi connectivity index (χ2v) is 7.28. The number of nitrogens with one attached hydrogen (secondary N) is 3. The lowest BCUT2D eigenvalue weighted by atomic mass is 10.3. The van der Waals surface area contributed by atoms with Crippen LogP contribution in [0.1, 0.15) is 13.8 Å². The van der Waals surface area contributed by atoms with E-state index in [-0.39, 0.29) is 0 Å². The molecule has 3 N–H and O–H groups in total. The molecule has 0 bridgehead atoms. The van der Waals surface area contributed by atoms with E-state index in [4.69, 9.17) is 9.47 Å². The van der Waals surface area contributed by atoms with Crippen LogP contribution in [0.3, 0.4) is 0 Å². The summed E-state index contributed by atoms with van der Waals surface area (Å²) in [5, 5.41) is 14.1. The Morgan fingerprint density at radius 1 is 0.781 bits per heavy atom. The highest BCUT2D eigenvalue weighted by atomic mass is 32.2. The molecule has 0 unspecified atom stereocenters. The fourth-order valence-corrected chi connectivity index (χ4v) is 3.34. The van der Waals surface area contributed by atoms with Gasteiger partial charge in [0.1, 0.15) is 17.8 Å². The van der Waals surface area contributed by atoms with Gasteiger partial charge in [0.2, 0.25) is 17.1 Å². The Hall–Kier alpha value is -3.86. The first-order valence-electron chi connectivity index (χ1n) is 10.0. The highest BCUT2D eigenvalue weighted by Crippen LogP contribution is 2.26. The molecule has 0 atom stereocenters. The van der Waals surface area contributed by atoms with Gasteiger partial charge in [0, 0.05) is 11.4 Å². The number of benzene rings is 2. The van der Waals surface area contributed by atoms with Crippen LogP contribution < -0.4 is 20.1 Å². The lowest BCUT2D eigenvalue weighted by Gasteiger charge is -2.11. The van der Waals surface area contributed by atoms with E-state index in [1.165, 1.54) is 18.1 Å². The van der Waals surface area contributed by atoms with Crippen molar-refractivity contribution in [2.24, 2.45) is 0 Å². The van der Waals surface area contributed by atoms with Crippen LogP contribution in [-0.2, 0) is 0 Å². The summed E-state index contributed by atoms with van der Waals surface area (Å²) in [6.07, 6.45) is 1.43. The third-order valence-electron chi connectivity index (χ3n) is 4.04. The summed E-state index contributed by atoms with van der Waals surface area (Å²) < 4.78 is 11.0. The molecule has 4 aromatic rings. The fraction of sp³-hybridized carbons (Fsp3) is 0.190. The van der Waals surface area contributed by atoms with Crippen LogP contribution in [0, 0.1) is 0 Å². The minimum Gasteiger partial charge on any atom is -0.494 e. The minimum atomic E-state index is 0.389. The lowest BCUT2D eigenvalue weighted by Crippen LogP contribution is -2.05. The monoisotopic (exact) mass is 450 g/mol. The highest BCUT2D eigenvalue weighted by molar-refractivity contribution is 7.99. The van der Waals surface area contributed by atoms with Crippen LogP contribution in [-0.4, -0.2) is 43.3 Å². The normalized spacial score (nSPS) is 10.6. The largest absolute Gasteiger partial charge is 0.494 e. The number of rotatable bonds is 10. The van der Waals surface area contributed by atoms with E-state index in [1.807, 2.05) is 62.4 Å². The molecule has 4 rings (SSSR count). The van der Waals surface area contributed by atoms with Gasteiger partial charge in [0.05, 0.1) is 13.2 Å². The number of aromatic amines is 1. The SMILES string of the molecule is CCOc1ccc(Nc2nc(Nc3ccc(OCC)cc3)nc(Sc3ncn[nH]3)n2)cc1. The Morgan fingerprint density at radius 3 is 1.75 bits per heavy atom. The Kier molecular flexibility index (Phi) is 6.98. The van der Waals surface area contributed by atoms with E-state index >= 15 is 0 Å². The zero-order valence-corrected chi connectivity index (χ0v) is 18.4. The molecule has 11 heteroatoms. The topological polar surface area (TPSA) is 123 Å². The number of nitrogens with zero attached hydrogens (tertiary/aromatic N) is 5. The summed E-state index contributed by atoms with van der Waals surface area (Å²) in [7, 11) is 0. The van der Waals surface area contributed by atoms with Crippen molar-refractivity contribution in [1.29, 1.82) is 0 Å². The molecule has 164 valence electrons. The summed E-state index contributed by atoms with van der Waals surface area (Å²) in [6.45, 7) is 5.12. The van der Waals surface area contributed by atoms with Crippen LogP contribution in [0.25, 0.3) is 0 Å². The third kappa shape index (κ3) is 5.85. The van der Waals surface area contributed by atoms with Gasteiger partial charge in [-0.3, -0.25) is 5.10 Å². The van der Waals surface area contributed by atoms with Crippen LogP contribution in [0.5, 0.6) is 11.5 Å². The van der Waals surface area contributed by atoms with Crippen LogP contribution in [0.4, 0.5) is 23.3 Å². The average molecular weight is 451 g/mol. The minimum absolute atomic E-state index is 0.389. The molecule has 2 aromatic carbocycles. The van der Waals surface area contributed by atoms with Gasteiger partial charge in [-0.1, -0.05) is 0 Å². The smallest absolute Gasteiger partial charge is 0.233 e. The average Bonchev–Trinajstić information content (AvgIpc) is 3.30. The molecule has 32 heavy (non-hydrogen) atoms. The first-order chi connectivity index (χ1) is 15.7. The van der Waals surface area contributed by atoms with Crippen molar-refractivity contribution >= 4 is 35.0 Å². The molecule has 0 saturated heterocycles. The molecule has 0 aliphatic heterocycles. The standard InChI is InChI=1S/C21H22N8O2S/c1-3-30-16-9-5-14(6-10-16)24-18-26-19(25-15-7-11-17(12-8-15)31-4-2)28-21(27-18)32-20-22-13-23-29-20/h5-13H,3-4H2,1-2H3,(H,22,23,29)(H2,24,25,26,27,28). The van der Waals surface area contributed by atoms with Gasteiger partial charge >= 0.3 is 0 Å². The number of H-pyrrole nitrogens is 1. The van der Waals surface area contributed by atoms with E-state index in [0.717, 1.165) is 22.9 Å². The van der Waals surface area contributed by atoms with E-state index < -0.39 is 0 Å². The number of hydrogen-bond acceptors (Lipinski definition) is 10. The lowest BCUT2D eigenvalue weighted by molar-refractivity contribution is 0.340. The van der Waals surface area contributed by atoms with Crippen molar-refractivity contribution in [1.82, 2.24) is 30.1 Å². The molecule has 2 aromatic heterocycles. The maximum absolute atomic E-state index is 5.49. The molecule has 0 spiro atoms. The summed E-state index contributed by atoms with van der Waals surface area (Å²) in [5.41, 5.74) is 1.64. The van der Waals surface area contributed by atoms with Gasteiger partial charge in [-0.15, -0.1) is 0 Å². The summed E-state index contributed by atoms with van der Waals surface area (Å²) in [6, 6.07) is 15.1. The summed E-state index contributed by atoms with van der Waals surface area (Å²) in [5.74, 6) is 2.38. The molecular formula is C21H22N8O2S. The van der Waals surface area contributed by atoms with Crippen LogP contribution in [0.2, 0.25) is 0 Å². The maximum atomic E-state index is 5.49. The summed E-state index contributed by atoms with van der Waals surface area (Å²) >= 11 is 1.25. The number of ether oxygens (including phenoxy) is 2. The van der Waals surface area contributed by atoms with E-state index in [2.05, 4.69) is 40.8 Å². The van der Waals surface area contributed by atoms with Gasteiger partial charge in [-0.2, -0.15) is 20.1 Å². The van der Waals surface area contributed by atoms with Gasteiger partial charge in [-0.25, -0.2) is 4.98 Å². The first kappa shape index (κ1) is 21.4. The Balaban J connectivity index is 1.57. The van der Waals surface area contributed by atoms with E-state index in [0.29, 0.717) is 35.4 Å². The quantitative estimate of drug-likeness (QED) is 0.320. The molecule has 0 amide bonds. The molecule has 0 radical (unpaired) electrons. The predicted octanol–water partition coefficient (Wildman–Crippen LogP) is 4.43. The first-order valence-corrected chi connectivity index (χ1v) is 10.8. The van der Waals surface area contributed by atoms with Crippen molar-refractivity contribution < 1.29 is 9.47 Å². The van der Waals surface area contributed by atoms with Crippen molar-refractivity contribution in [2.75, 3.05) is 23.8 Å². The van der Waals surface area contributed by atoms with Gasteiger partial charge in [0.25, 0.3) is 0 Å². The molecule has 2 heterocycles. The van der Waals surface area contributed by atoms with Crippen molar-refractivity contribution in [2.45, 2.75) is 24.2 Å². The Bertz CT molecular complexity index is 1050. The van der Waals surface area contributed by atoms with E-state index in [9.17, 15) is 0 Å². The number of anilines is 4. The Morgan fingerprint density at radius 2 is 1.31 bits per heavy atom. The van der Waals surface area contributed by atoms with Crippen molar-refractivity contribution in [3.05, 3.63) is 54.9 Å². The van der Waals surface area contributed by atoms with Gasteiger partial charge in [0.15, 0.2) is 5.16 Å². The molecule has 10 nitrogen and oxygen atoms in total. The number of hydrogen-bond donors (Lipinski definition) is 3. The zero-order valence-electron chi connectivity index (χ0n) is 17.6. The molecule has 0 fully saturated rings. The number of aromatic nitrogens is 6. The molecule has 0 aliphatic carbocycles. The fourth-order valence-electron chi connectivity index (χ4n) is 2.70. The van der Waals surface area contributed by atoms with Crippen molar-refractivity contribution in [3.63, 3.8) is 0 Å². The van der Waals surface area contributed by atoms with Gasteiger partial charge in [-0.05, 0) is 74.1 Å². The van der Waals surface area contributed by atoms with E-state index in [1.54, 1.807) is 0 Å². The maximum Gasteiger partial charge on any atom is 0.233 e. The predicted molar refractivity (Wildman–Crippen MR) is 122 cm³/mol.